The van der Waals surface area contributed by atoms with Crippen LogP contribution in [0.5, 0.6) is 0 Å². The minimum atomic E-state index is -2.22. The number of rotatable bonds is 6. The molecule has 0 amide bonds. The van der Waals surface area contributed by atoms with Gasteiger partial charge in [-0.15, -0.1) is 0 Å². The lowest BCUT2D eigenvalue weighted by atomic mass is 10.3. The van der Waals surface area contributed by atoms with Crippen LogP contribution in [0.15, 0.2) is 0 Å². The highest BCUT2D eigenvalue weighted by Gasteiger charge is 2.36. The molecule has 0 aliphatic carbocycles. The maximum atomic E-state index is 6.74. The minimum absolute atomic E-state index is 0.755. The highest BCUT2D eigenvalue weighted by Crippen LogP contribution is 2.13. The molecule has 0 aromatic rings. The minimum Gasteiger partial charge on any atom is -0.377 e. The molecule has 0 spiro atoms. The van der Waals surface area contributed by atoms with E-state index >= 15 is 0 Å². The molecular formula is C10H25NO3Si. The van der Waals surface area contributed by atoms with Gasteiger partial charge in [-0.2, -0.15) is 0 Å². The van der Waals surface area contributed by atoms with Crippen LogP contribution in [0.3, 0.4) is 0 Å². The Balaban J connectivity index is 0. The fourth-order valence-electron chi connectivity index (χ4n) is 0.862. The van der Waals surface area contributed by atoms with Gasteiger partial charge in [0.2, 0.25) is 0 Å². The second-order valence-electron chi connectivity index (χ2n) is 3.18. The summed E-state index contributed by atoms with van der Waals surface area (Å²) >= 11 is 0. The molecule has 0 atom stereocenters. The van der Waals surface area contributed by atoms with Crippen LogP contribution in [0, 0.1) is 5.41 Å². The van der Waals surface area contributed by atoms with E-state index in [0.717, 1.165) is 24.6 Å². The van der Waals surface area contributed by atoms with E-state index in [9.17, 15) is 0 Å². The molecule has 0 aliphatic rings. The molecule has 0 saturated heterocycles. The summed E-state index contributed by atoms with van der Waals surface area (Å²) in [5.41, 5.74) is 0.755. The zero-order valence-corrected chi connectivity index (χ0v) is 11.8. The Kier molecular flexibility index (Phi) is 11.8. The molecule has 0 saturated carbocycles. The molecular weight excluding hydrogens is 210 g/mol. The summed E-state index contributed by atoms with van der Waals surface area (Å²) in [5.74, 6) is 0. The molecule has 0 unspecified atom stereocenters. The third kappa shape index (κ3) is 8.74. The van der Waals surface area contributed by atoms with Gasteiger partial charge in [0.1, 0.15) is 0 Å². The summed E-state index contributed by atoms with van der Waals surface area (Å²) in [5, 5.41) is 6.74. The van der Waals surface area contributed by atoms with Crippen molar-refractivity contribution in [1.29, 1.82) is 5.41 Å². The van der Waals surface area contributed by atoms with Crippen molar-refractivity contribution in [2.24, 2.45) is 0 Å². The van der Waals surface area contributed by atoms with Gasteiger partial charge in [-0.25, -0.2) is 0 Å². The average molecular weight is 235 g/mol. The highest BCUT2D eigenvalue weighted by molar-refractivity contribution is 6.60. The van der Waals surface area contributed by atoms with Crippen molar-refractivity contribution in [3.63, 3.8) is 0 Å². The number of hydrogen-bond acceptors (Lipinski definition) is 4. The van der Waals surface area contributed by atoms with Crippen molar-refractivity contribution in [1.82, 2.24) is 0 Å². The van der Waals surface area contributed by atoms with E-state index in [1.807, 2.05) is 6.92 Å². The van der Waals surface area contributed by atoms with E-state index in [4.69, 9.17) is 18.7 Å². The van der Waals surface area contributed by atoms with Gasteiger partial charge in [-0.3, -0.25) is 0 Å². The Morgan fingerprint density at radius 3 is 1.47 bits per heavy atom. The van der Waals surface area contributed by atoms with E-state index < -0.39 is 8.80 Å². The standard InChI is InChI=1S/C6H16O3Si.C4H9N/c1-5-6-10(7-2,8-3)9-4;1-3-4(2)5/h5-6H2,1-4H3;5H,3H2,1-2H3. The van der Waals surface area contributed by atoms with Crippen LogP contribution in [0.2, 0.25) is 6.04 Å². The molecule has 92 valence electrons. The lowest BCUT2D eigenvalue weighted by molar-refractivity contribution is 0.123. The van der Waals surface area contributed by atoms with Gasteiger partial charge in [0.25, 0.3) is 0 Å². The Morgan fingerprint density at radius 1 is 1.07 bits per heavy atom. The molecule has 1 N–H and O–H groups in total. The first-order valence-electron chi connectivity index (χ1n) is 5.21. The highest BCUT2D eigenvalue weighted by atomic mass is 28.4. The summed E-state index contributed by atoms with van der Waals surface area (Å²) in [6.07, 6.45) is 1.92. The predicted octanol–water partition coefficient (Wildman–Crippen LogP) is 2.71. The molecule has 0 aliphatic heterocycles. The molecule has 4 nitrogen and oxygen atoms in total. The van der Waals surface area contributed by atoms with Crippen molar-refractivity contribution in [2.75, 3.05) is 21.3 Å². The molecule has 0 aromatic heterocycles. The Labute approximate surface area is 94.8 Å². The summed E-state index contributed by atoms with van der Waals surface area (Å²) in [4.78, 5) is 0. The van der Waals surface area contributed by atoms with Gasteiger partial charge < -0.3 is 18.7 Å². The fraction of sp³-hybridized carbons (Fsp3) is 0.900. The first-order valence-corrected chi connectivity index (χ1v) is 7.14. The van der Waals surface area contributed by atoms with Crippen LogP contribution in [-0.4, -0.2) is 35.8 Å². The summed E-state index contributed by atoms with van der Waals surface area (Å²) in [6, 6.07) is 0.885. The van der Waals surface area contributed by atoms with Crippen molar-refractivity contribution >= 4 is 14.5 Å². The monoisotopic (exact) mass is 235 g/mol. The SMILES string of the molecule is CCC(C)=N.CCC[Si](OC)(OC)OC. The Morgan fingerprint density at radius 2 is 1.40 bits per heavy atom. The zero-order valence-electron chi connectivity index (χ0n) is 10.8. The quantitative estimate of drug-likeness (QED) is 0.569. The van der Waals surface area contributed by atoms with Crippen LogP contribution in [0.1, 0.15) is 33.6 Å². The largest absolute Gasteiger partial charge is 0.500 e. The van der Waals surface area contributed by atoms with Gasteiger partial charge in [0.05, 0.1) is 0 Å². The maximum Gasteiger partial charge on any atom is 0.500 e. The van der Waals surface area contributed by atoms with Crippen LogP contribution in [0.25, 0.3) is 0 Å². The molecule has 15 heavy (non-hydrogen) atoms. The third-order valence-corrected chi connectivity index (χ3v) is 5.00. The van der Waals surface area contributed by atoms with Crippen LogP contribution < -0.4 is 0 Å². The predicted molar refractivity (Wildman–Crippen MR) is 65.6 cm³/mol. The lowest BCUT2D eigenvalue weighted by Gasteiger charge is -2.23. The molecule has 0 radical (unpaired) electrons. The smallest absolute Gasteiger partial charge is 0.377 e. The van der Waals surface area contributed by atoms with E-state index in [1.54, 1.807) is 28.3 Å². The second-order valence-corrected chi connectivity index (χ2v) is 6.27. The topological polar surface area (TPSA) is 51.5 Å². The van der Waals surface area contributed by atoms with Crippen molar-refractivity contribution < 1.29 is 13.3 Å². The van der Waals surface area contributed by atoms with Crippen molar-refractivity contribution in [3.05, 3.63) is 0 Å². The fourth-order valence-corrected chi connectivity index (χ4v) is 2.59. The normalized spacial score (nSPS) is 10.5. The maximum absolute atomic E-state index is 6.74. The number of nitrogens with one attached hydrogen (secondary N) is 1. The summed E-state index contributed by atoms with van der Waals surface area (Å²) < 4.78 is 15.5. The second kappa shape index (κ2) is 10.3. The van der Waals surface area contributed by atoms with Gasteiger partial charge in [-0.1, -0.05) is 20.3 Å². The first kappa shape index (κ1) is 17.2. The molecule has 0 heterocycles. The summed E-state index contributed by atoms with van der Waals surface area (Å²) in [6.45, 7) is 5.86. The van der Waals surface area contributed by atoms with Crippen LogP contribution in [-0.2, 0) is 13.3 Å². The van der Waals surface area contributed by atoms with Crippen molar-refractivity contribution in [2.45, 2.75) is 39.7 Å². The van der Waals surface area contributed by atoms with E-state index in [2.05, 4.69) is 6.92 Å². The van der Waals surface area contributed by atoms with Crippen LogP contribution in [0.4, 0.5) is 0 Å². The van der Waals surface area contributed by atoms with Gasteiger partial charge in [-0.05, 0) is 13.3 Å². The average Bonchev–Trinajstić information content (AvgIpc) is 2.27. The number of hydrogen-bond donors (Lipinski definition) is 1. The lowest BCUT2D eigenvalue weighted by Crippen LogP contribution is -2.42. The third-order valence-electron chi connectivity index (χ3n) is 2.02. The first-order chi connectivity index (χ1) is 7.01. The van der Waals surface area contributed by atoms with Gasteiger partial charge in [0, 0.05) is 33.1 Å². The van der Waals surface area contributed by atoms with E-state index in [0.29, 0.717) is 0 Å². The van der Waals surface area contributed by atoms with Crippen molar-refractivity contribution in [3.8, 4) is 0 Å². The molecule has 5 heteroatoms. The molecule has 0 rings (SSSR count). The van der Waals surface area contributed by atoms with Gasteiger partial charge in [0.15, 0.2) is 0 Å². The Hall–Kier alpha value is -0.233. The zero-order chi connectivity index (χ0) is 12.3. The van der Waals surface area contributed by atoms with Gasteiger partial charge >= 0.3 is 8.80 Å². The van der Waals surface area contributed by atoms with Crippen LogP contribution >= 0.6 is 0 Å². The molecule has 0 fully saturated rings. The summed E-state index contributed by atoms with van der Waals surface area (Å²) in [7, 11) is 2.68. The van der Waals surface area contributed by atoms with E-state index in [-0.39, 0.29) is 0 Å². The molecule has 0 aromatic carbocycles. The van der Waals surface area contributed by atoms with E-state index in [1.165, 1.54) is 0 Å². The molecule has 0 bridgehead atoms. The Bertz CT molecular complexity index is 152.